The summed E-state index contributed by atoms with van der Waals surface area (Å²) in [4.78, 5) is 24.8. The Kier molecular flexibility index (Phi) is 6.92. The van der Waals surface area contributed by atoms with E-state index in [0.717, 1.165) is 44.1 Å². The lowest BCUT2D eigenvalue weighted by Crippen LogP contribution is -2.41. The number of nitrogens with one attached hydrogen (secondary N) is 1. The van der Waals surface area contributed by atoms with Crippen LogP contribution in [-0.2, 0) is 6.54 Å². The number of aromatic nitrogens is 2. The predicted molar refractivity (Wildman–Crippen MR) is 89.9 cm³/mol. The summed E-state index contributed by atoms with van der Waals surface area (Å²) in [7, 11) is 2.07. The highest BCUT2D eigenvalue weighted by molar-refractivity contribution is 7.98. The van der Waals surface area contributed by atoms with Crippen molar-refractivity contribution in [2.45, 2.75) is 25.4 Å². The normalized spacial score (nSPS) is 18.0. The van der Waals surface area contributed by atoms with Crippen LogP contribution in [0.25, 0.3) is 0 Å². The Morgan fingerprint density at radius 1 is 1.50 bits per heavy atom. The number of likely N-dealkylation sites (N-methyl/N-ethyl adjacent to an activating group) is 1. The Hall–Kier alpha value is -1.34. The Morgan fingerprint density at radius 2 is 2.27 bits per heavy atom. The van der Waals surface area contributed by atoms with Crippen molar-refractivity contribution >= 4 is 17.8 Å². The lowest BCUT2D eigenvalue weighted by molar-refractivity contribution is 0.196. The number of carbonyl (C=O) groups is 1. The second kappa shape index (κ2) is 8.95. The van der Waals surface area contributed by atoms with E-state index in [9.17, 15) is 4.79 Å². The zero-order chi connectivity index (χ0) is 15.8. The summed E-state index contributed by atoms with van der Waals surface area (Å²) >= 11 is 1.81. The van der Waals surface area contributed by atoms with Crippen LogP contribution in [0.3, 0.4) is 0 Å². The minimum Gasteiger partial charge on any atom is -0.338 e. The first kappa shape index (κ1) is 17.0. The molecular weight excluding hydrogens is 298 g/mol. The van der Waals surface area contributed by atoms with Crippen LogP contribution in [0.5, 0.6) is 0 Å². The van der Waals surface area contributed by atoms with Crippen LogP contribution in [0.2, 0.25) is 0 Å². The number of nitrogens with zero attached hydrogens (tertiary/aromatic N) is 4. The fourth-order valence-corrected chi connectivity index (χ4v) is 3.01. The van der Waals surface area contributed by atoms with Gasteiger partial charge in [0, 0.05) is 38.1 Å². The highest BCUT2D eigenvalue weighted by Crippen LogP contribution is 2.15. The number of likely N-dealkylation sites (tertiary alicyclic amines) is 1. The molecule has 0 spiro atoms. The maximum absolute atomic E-state index is 12.1. The summed E-state index contributed by atoms with van der Waals surface area (Å²) in [6, 6.07) is 2.26. The van der Waals surface area contributed by atoms with E-state index in [2.05, 4.69) is 33.5 Å². The molecule has 2 rings (SSSR count). The minimum atomic E-state index is 0.0629. The Morgan fingerprint density at radius 3 is 3.00 bits per heavy atom. The van der Waals surface area contributed by atoms with Gasteiger partial charge < -0.3 is 10.2 Å². The van der Waals surface area contributed by atoms with Crippen molar-refractivity contribution in [3.63, 3.8) is 0 Å². The maximum atomic E-state index is 12.1. The molecule has 122 valence electrons. The van der Waals surface area contributed by atoms with Crippen molar-refractivity contribution in [3.8, 4) is 0 Å². The number of thioether (sulfide) groups is 1. The highest BCUT2D eigenvalue weighted by Gasteiger charge is 2.28. The smallest absolute Gasteiger partial charge is 0.317 e. The van der Waals surface area contributed by atoms with E-state index in [1.807, 2.05) is 22.7 Å². The molecule has 0 aliphatic carbocycles. The van der Waals surface area contributed by atoms with Crippen LogP contribution in [0.1, 0.15) is 18.7 Å². The molecule has 1 atom stereocenters. The molecule has 7 heteroatoms. The van der Waals surface area contributed by atoms with Crippen molar-refractivity contribution in [1.29, 1.82) is 0 Å². The minimum absolute atomic E-state index is 0.0629. The largest absolute Gasteiger partial charge is 0.338 e. The van der Waals surface area contributed by atoms with Crippen LogP contribution in [0.15, 0.2) is 18.5 Å². The quantitative estimate of drug-likeness (QED) is 0.770. The molecule has 2 heterocycles. The van der Waals surface area contributed by atoms with Crippen LogP contribution in [0.4, 0.5) is 4.79 Å². The van der Waals surface area contributed by atoms with E-state index < -0.39 is 0 Å². The standard InChI is InChI=1S/C15H25N5OS/c1-19(12-14-16-6-3-7-17-14)13-5-9-20(11-13)15(21)18-8-4-10-22-2/h3,6-7,13H,4-5,8-12H2,1-2H3,(H,18,21)/t13-/m1/s1. The van der Waals surface area contributed by atoms with E-state index in [4.69, 9.17) is 0 Å². The molecule has 22 heavy (non-hydrogen) atoms. The van der Waals surface area contributed by atoms with Gasteiger partial charge in [-0.05, 0) is 38.0 Å². The van der Waals surface area contributed by atoms with Crippen LogP contribution in [-0.4, -0.2) is 70.5 Å². The van der Waals surface area contributed by atoms with Gasteiger partial charge in [0.2, 0.25) is 0 Å². The van der Waals surface area contributed by atoms with Gasteiger partial charge in [0.05, 0.1) is 6.54 Å². The second-order valence-corrected chi connectivity index (χ2v) is 6.53. The SMILES string of the molecule is CSCCCNC(=O)N1CC[C@@H](N(C)Cc2ncccn2)C1. The number of rotatable bonds is 7. The first-order valence-corrected chi connectivity index (χ1v) is 9.08. The average molecular weight is 323 g/mol. The predicted octanol–water partition coefficient (Wildman–Crippen LogP) is 1.45. The third kappa shape index (κ3) is 5.14. The topological polar surface area (TPSA) is 61.4 Å². The van der Waals surface area contributed by atoms with Gasteiger partial charge in [-0.2, -0.15) is 11.8 Å². The monoisotopic (exact) mass is 323 g/mol. The lowest BCUT2D eigenvalue weighted by atomic mass is 10.2. The Balaban J connectivity index is 1.73. The van der Waals surface area contributed by atoms with Crippen LogP contribution >= 0.6 is 11.8 Å². The number of amides is 2. The molecule has 1 aliphatic rings. The van der Waals surface area contributed by atoms with Gasteiger partial charge in [0.25, 0.3) is 0 Å². The van der Waals surface area contributed by atoms with Crippen molar-refractivity contribution in [2.24, 2.45) is 0 Å². The summed E-state index contributed by atoms with van der Waals surface area (Å²) in [6.45, 7) is 3.07. The molecule has 1 aliphatic heterocycles. The van der Waals surface area contributed by atoms with Crippen LogP contribution in [0, 0.1) is 0 Å². The summed E-state index contributed by atoms with van der Waals surface area (Å²) in [5, 5.41) is 3.00. The molecule has 0 saturated carbocycles. The zero-order valence-corrected chi connectivity index (χ0v) is 14.2. The number of urea groups is 1. The molecule has 1 fully saturated rings. The van der Waals surface area contributed by atoms with Crippen molar-refractivity contribution in [3.05, 3.63) is 24.3 Å². The van der Waals surface area contributed by atoms with Gasteiger partial charge >= 0.3 is 6.03 Å². The number of hydrogen-bond acceptors (Lipinski definition) is 5. The molecule has 2 amide bonds. The third-order valence-electron chi connectivity index (χ3n) is 3.89. The van der Waals surface area contributed by atoms with E-state index in [0.29, 0.717) is 12.6 Å². The molecule has 6 nitrogen and oxygen atoms in total. The molecule has 1 aromatic rings. The summed E-state index contributed by atoms with van der Waals surface area (Å²) in [5.74, 6) is 1.91. The Bertz CT molecular complexity index is 459. The summed E-state index contributed by atoms with van der Waals surface area (Å²) < 4.78 is 0. The van der Waals surface area contributed by atoms with E-state index in [-0.39, 0.29) is 6.03 Å². The van der Waals surface area contributed by atoms with Crippen molar-refractivity contribution < 1.29 is 4.79 Å². The zero-order valence-electron chi connectivity index (χ0n) is 13.4. The average Bonchev–Trinajstić information content (AvgIpc) is 3.02. The fourth-order valence-electron chi connectivity index (χ4n) is 2.57. The first-order valence-electron chi connectivity index (χ1n) is 7.68. The van der Waals surface area contributed by atoms with Gasteiger partial charge in [-0.1, -0.05) is 0 Å². The molecule has 0 aromatic carbocycles. The number of carbonyl (C=O) groups excluding carboxylic acids is 1. The molecule has 1 saturated heterocycles. The van der Waals surface area contributed by atoms with Gasteiger partial charge in [0.15, 0.2) is 0 Å². The summed E-state index contributed by atoms with van der Waals surface area (Å²) in [5.41, 5.74) is 0. The number of hydrogen-bond donors (Lipinski definition) is 1. The molecular formula is C15H25N5OS. The second-order valence-electron chi connectivity index (χ2n) is 5.55. The lowest BCUT2D eigenvalue weighted by Gasteiger charge is -2.24. The van der Waals surface area contributed by atoms with E-state index in [1.54, 1.807) is 12.4 Å². The maximum Gasteiger partial charge on any atom is 0.317 e. The van der Waals surface area contributed by atoms with Gasteiger partial charge in [0.1, 0.15) is 5.82 Å². The van der Waals surface area contributed by atoms with E-state index in [1.165, 1.54) is 0 Å². The molecule has 0 unspecified atom stereocenters. The Labute approximate surface area is 136 Å². The summed E-state index contributed by atoms with van der Waals surface area (Å²) in [6.07, 6.45) is 7.63. The van der Waals surface area contributed by atoms with Gasteiger partial charge in [-0.3, -0.25) is 4.90 Å². The van der Waals surface area contributed by atoms with Crippen molar-refractivity contribution in [1.82, 2.24) is 25.1 Å². The van der Waals surface area contributed by atoms with Gasteiger partial charge in [-0.25, -0.2) is 14.8 Å². The molecule has 0 radical (unpaired) electrons. The van der Waals surface area contributed by atoms with E-state index >= 15 is 0 Å². The van der Waals surface area contributed by atoms with Crippen molar-refractivity contribution in [2.75, 3.05) is 38.7 Å². The first-order chi connectivity index (χ1) is 10.7. The fraction of sp³-hybridized carbons (Fsp3) is 0.667. The third-order valence-corrected chi connectivity index (χ3v) is 4.58. The molecule has 1 aromatic heterocycles. The molecule has 0 bridgehead atoms. The molecule has 1 N–H and O–H groups in total. The highest BCUT2D eigenvalue weighted by atomic mass is 32.2. The van der Waals surface area contributed by atoms with Crippen LogP contribution < -0.4 is 5.32 Å². The van der Waals surface area contributed by atoms with Gasteiger partial charge in [-0.15, -0.1) is 0 Å².